The van der Waals surface area contributed by atoms with E-state index in [9.17, 15) is 0 Å². The lowest BCUT2D eigenvalue weighted by Crippen LogP contribution is -1.86. The van der Waals surface area contributed by atoms with Gasteiger partial charge in [-0.3, -0.25) is 0 Å². The normalized spacial score (nSPS) is 8.21. The highest BCUT2D eigenvalue weighted by molar-refractivity contribution is 5.65. The van der Waals surface area contributed by atoms with Crippen LogP contribution in [0.15, 0.2) is 67.3 Å². The van der Waals surface area contributed by atoms with Crippen molar-refractivity contribution in [3.05, 3.63) is 67.3 Å². The highest BCUT2D eigenvalue weighted by Crippen LogP contribution is 2.20. The molecule has 0 saturated carbocycles. The smallest absolute Gasteiger partial charge is 0.0337 e. The molecule has 1 nitrogen and oxygen atoms in total. The van der Waals surface area contributed by atoms with Gasteiger partial charge in [-0.2, -0.15) is 0 Å². The maximum Gasteiger partial charge on any atom is 0.0337 e. The van der Waals surface area contributed by atoms with Crippen LogP contribution in [0.4, 0.5) is 5.69 Å². The fraction of sp³-hybridized carbons (Fsp3) is 0.222. The molecule has 1 heteroatoms. The first kappa shape index (κ1) is 17.0. The Hall–Kier alpha value is -2.02. The van der Waals surface area contributed by atoms with Crippen molar-refractivity contribution in [3.8, 4) is 11.1 Å². The summed E-state index contributed by atoms with van der Waals surface area (Å²) in [7, 11) is 1.93. The summed E-state index contributed by atoms with van der Waals surface area (Å²) < 4.78 is 0. The van der Waals surface area contributed by atoms with Crippen molar-refractivity contribution < 1.29 is 0 Å². The van der Waals surface area contributed by atoms with E-state index in [1.54, 1.807) is 6.08 Å². The minimum absolute atomic E-state index is 1.14. The Morgan fingerprint density at radius 1 is 0.842 bits per heavy atom. The zero-order valence-corrected chi connectivity index (χ0v) is 12.5. The molecule has 2 aromatic rings. The predicted molar refractivity (Wildman–Crippen MR) is 88.6 cm³/mol. The SMILES string of the molecule is C=CC.CC.CNc1ccc(-c2ccccc2)cc1. The van der Waals surface area contributed by atoms with Crippen LogP contribution in [0.1, 0.15) is 20.8 Å². The van der Waals surface area contributed by atoms with E-state index in [0.29, 0.717) is 0 Å². The summed E-state index contributed by atoms with van der Waals surface area (Å²) in [6, 6.07) is 18.8. The zero-order valence-electron chi connectivity index (χ0n) is 12.5. The molecule has 19 heavy (non-hydrogen) atoms. The maximum atomic E-state index is 3.36. The Bertz CT molecular complexity index is 429. The maximum absolute atomic E-state index is 3.36. The van der Waals surface area contributed by atoms with Crippen LogP contribution in [0.5, 0.6) is 0 Å². The van der Waals surface area contributed by atoms with E-state index in [2.05, 4.69) is 60.4 Å². The molecule has 102 valence electrons. The molecule has 0 spiro atoms. The van der Waals surface area contributed by atoms with Crippen LogP contribution in [0.25, 0.3) is 11.1 Å². The van der Waals surface area contributed by atoms with Gasteiger partial charge in [0.2, 0.25) is 0 Å². The average Bonchev–Trinajstić information content (AvgIpc) is 2.51. The number of anilines is 1. The Balaban J connectivity index is 0.000000573. The molecule has 1 N–H and O–H groups in total. The zero-order chi connectivity index (χ0) is 14.5. The molecule has 0 aliphatic rings. The van der Waals surface area contributed by atoms with E-state index in [-0.39, 0.29) is 0 Å². The van der Waals surface area contributed by atoms with Crippen LogP contribution in [0.3, 0.4) is 0 Å². The van der Waals surface area contributed by atoms with Crippen molar-refractivity contribution in [2.75, 3.05) is 12.4 Å². The fourth-order valence-corrected chi connectivity index (χ4v) is 1.46. The molecule has 0 saturated heterocycles. The summed E-state index contributed by atoms with van der Waals surface area (Å²) in [6.07, 6.45) is 1.75. The van der Waals surface area contributed by atoms with Crippen molar-refractivity contribution in [2.45, 2.75) is 20.8 Å². The number of rotatable bonds is 2. The van der Waals surface area contributed by atoms with E-state index in [4.69, 9.17) is 0 Å². The number of allylic oxidation sites excluding steroid dienone is 1. The van der Waals surface area contributed by atoms with Crippen molar-refractivity contribution in [3.63, 3.8) is 0 Å². The van der Waals surface area contributed by atoms with Crippen LogP contribution in [0.2, 0.25) is 0 Å². The van der Waals surface area contributed by atoms with Crippen LogP contribution in [0, 0.1) is 0 Å². The van der Waals surface area contributed by atoms with E-state index in [1.165, 1.54) is 11.1 Å². The molecule has 0 heterocycles. The Morgan fingerprint density at radius 2 is 1.26 bits per heavy atom. The first-order valence-electron chi connectivity index (χ1n) is 6.72. The summed E-state index contributed by atoms with van der Waals surface area (Å²) in [5.41, 5.74) is 3.66. The van der Waals surface area contributed by atoms with E-state index >= 15 is 0 Å². The standard InChI is InChI=1S/C13H13N.C3H6.C2H6/c1-14-13-9-7-12(8-10-13)11-5-3-2-4-6-11;1-3-2;1-2/h2-10,14H,1H3;3H,1H2,2H3;1-2H3. The highest BCUT2D eigenvalue weighted by atomic mass is 14.8. The molecule has 0 atom stereocenters. The largest absolute Gasteiger partial charge is 0.388 e. The third-order valence-electron chi connectivity index (χ3n) is 2.28. The van der Waals surface area contributed by atoms with Gasteiger partial charge in [0.25, 0.3) is 0 Å². The van der Waals surface area contributed by atoms with Gasteiger partial charge >= 0.3 is 0 Å². The molecule has 0 amide bonds. The number of nitrogens with one attached hydrogen (secondary N) is 1. The van der Waals surface area contributed by atoms with Crippen molar-refractivity contribution >= 4 is 5.69 Å². The number of hydrogen-bond donors (Lipinski definition) is 1. The molecule has 0 aliphatic carbocycles. The molecular formula is C18H25N. The highest BCUT2D eigenvalue weighted by Gasteiger charge is 1.95. The summed E-state index contributed by atoms with van der Waals surface area (Å²) in [4.78, 5) is 0. The molecular weight excluding hydrogens is 230 g/mol. The second kappa shape index (κ2) is 11.1. The van der Waals surface area contributed by atoms with Crippen LogP contribution < -0.4 is 5.32 Å². The van der Waals surface area contributed by atoms with Gasteiger partial charge in [-0.25, -0.2) is 0 Å². The van der Waals surface area contributed by atoms with Crippen LogP contribution >= 0.6 is 0 Å². The predicted octanol–water partition coefficient (Wildman–Crippen LogP) is 5.61. The third-order valence-corrected chi connectivity index (χ3v) is 2.28. The Kier molecular flexibility index (Phi) is 9.91. The molecule has 2 rings (SSSR count). The Morgan fingerprint density at radius 3 is 1.68 bits per heavy atom. The molecule has 0 fully saturated rings. The van der Waals surface area contributed by atoms with Gasteiger partial charge in [-0.1, -0.05) is 62.4 Å². The molecule has 0 unspecified atom stereocenters. The quantitative estimate of drug-likeness (QED) is 0.687. The van der Waals surface area contributed by atoms with Gasteiger partial charge in [-0.05, 0) is 30.2 Å². The first-order chi connectivity index (χ1) is 9.31. The van der Waals surface area contributed by atoms with Crippen molar-refractivity contribution in [1.82, 2.24) is 0 Å². The number of hydrogen-bond acceptors (Lipinski definition) is 1. The van der Waals surface area contributed by atoms with Gasteiger partial charge < -0.3 is 5.32 Å². The van der Waals surface area contributed by atoms with Crippen LogP contribution in [-0.4, -0.2) is 7.05 Å². The molecule has 0 bridgehead atoms. The summed E-state index contributed by atoms with van der Waals surface area (Å²) in [6.45, 7) is 9.25. The van der Waals surface area contributed by atoms with E-state index < -0.39 is 0 Å². The van der Waals surface area contributed by atoms with Gasteiger partial charge in [0.1, 0.15) is 0 Å². The molecule has 2 aromatic carbocycles. The Labute approximate surface area is 118 Å². The average molecular weight is 255 g/mol. The van der Waals surface area contributed by atoms with Crippen LogP contribution in [-0.2, 0) is 0 Å². The van der Waals surface area contributed by atoms with Gasteiger partial charge in [-0.15, -0.1) is 6.58 Å². The lowest BCUT2D eigenvalue weighted by molar-refractivity contribution is 1.50. The monoisotopic (exact) mass is 255 g/mol. The van der Waals surface area contributed by atoms with E-state index in [1.807, 2.05) is 33.9 Å². The first-order valence-corrected chi connectivity index (χ1v) is 6.72. The second-order valence-corrected chi connectivity index (χ2v) is 3.60. The lowest BCUT2D eigenvalue weighted by atomic mass is 10.1. The minimum Gasteiger partial charge on any atom is -0.388 e. The van der Waals surface area contributed by atoms with Gasteiger partial charge in [0.15, 0.2) is 0 Å². The van der Waals surface area contributed by atoms with Crippen molar-refractivity contribution in [1.29, 1.82) is 0 Å². The molecule has 0 aliphatic heterocycles. The molecule has 0 radical (unpaired) electrons. The summed E-state index contributed by atoms with van der Waals surface area (Å²) >= 11 is 0. The van der Waals surface area contributed by atoms with Crippen molar-refractivity contribution in [2.24, 2.45) is 0 Å². The lowest BCUT2D eigenvalue weighted by Gasteiger charge is -2.03. The van der Waals surface area contributed by atoms with Gasteiger partial charge in [0, 0.05) is 12.7 Å². The minimum atomic E-state index is 1.14. The number of benzene rings is 2. The second-order valence-electron chi connectivity index (χ2n) is 3.60. The molecule has 0 aromatic heterocycles. The van der Waals surface area contributed by atoms with Gasteiger partial charge in [0.05, 0.1) is 0 Å². The summed E-state index contributed by atoms with van der Waals surface area (Å²) in [5.74, 6) is 0. The topological polar surface area (TPSA) is 12.0 Å². The van der Waals surface area contributed by atoms with E-state index in [0.717, 1.165) is 5.69 Å². The third kappa shape index (κ3) is 6.46. The fourth-order valence-electron chi connectivity index (χ4n) is 1.46. The summed E-state index contributed by atoms with van der Waals surface area (Å²) in [5, 5.41) is 3.11.